The normalized spacial score (nSPS) is 11.6. The first-order chi connectivity index (χ1) is 13.5. The molecular formula is C28H24. The van der Waals surface area contributed by atoms with E-state index in [-0.39, 0.29) is 0 Å². The number of hydrogen-bond acceptors (Lipinski definition) is 0. The van der Waals surface area contributed by atoms with Crippen LogP contribution in [0.2, 0.25) is 0 Å². The molecule has 28 heavy (non-hydrogen) atoms. The van der Waals surface area contributed by atoms with Gasteiger partial charge in [0, 0.05) is 0 Å². The summed E-state index contributed by atoms with van der Waals surface area (Å²) < 4.78 is 0. The number of rotatable bonds is 2. The maximum atomic E-state index is 2.31. The minimum atomic E-state index is 1.31. The molecule has 1 aliphatic carbocycles. The monoisotopic (exact) mass is 360 g/mol. The topological polar surface area (TPSA) is 0 Å². The van der Waals surface area contributed by atoms with Crippen LogP contribution in [0.1, 0.15) is 22.3 Å². The van der Waals surface area contributed by atoms with Crippen molar-refractivity contribution in [3.05, 3.63) is 116 Å². The van der Waals surface area contributed by atoms with Gasteiger partial charge in [-0.15, -0.1) is 0 Å². The number of aryl methyl sites for hydroxylation is 4. The largest absolute Gasteiger partial charge is 0.0610 e. The number of benzene rings is 4. The maximum absolute atomic E-state index is 2.31. The van der Waals surface area contributed by atoms with Crippen LogP contribution in [0.5, 0.6) is 0 Å². The van der Waals surface area contributed by atoms with Crippen molar-refractivity contribution in [3.8, 4) is 22.3 Å². The van der Waals surface area contributed by atoms with Crippen molar-refractivity contribution >= 4 is 0 Å². The lowest BCUT2D eigenvalue weighted by molar-refractivity contribution is 1.27. The van der Waals surface area contributed by atoms with Gasteiger partial charge in [0.25, 0.3) is 0 Å². The molecule has 0 saturated carbocycles. The Labute approximate surface area is 166 Å². The second kappa shape index (κ2) is 6.21. The van der Waals surface area contributed by atoms with Gasteiger partial charge in [-0.2, -0.15) is 0 Å². The Hall–Kier alpha value is -3.12. The molecule has 0 aliphatic heterocycles. The van der Waals surface area contributed by atoms with Crippen molar-refractivity contribution < 1.29 is 0 Å². The van der Waals surface area contributed by atoms with Crippen molar-refractivity contribution in [1.82, 2.24) is 0 Å². The highest BCUT2D eigenvalue weighted by Crippen LogP contribution is 2.32. The van der Waals surface area contributed by atoms with E-state index in [1.165, 1.54) is 65.4 Å². The zero-order chi connectivity index (χ0) is 19.4. The van der Waals surface area contributed by atoms with E-state index in [1.54, 1.807) is 0 Å². The van der Waals surface area contributed by atoms with Crippen molar-refractivity contribution in [3.63, 3.8) is 0 Å². The summed E-state index contributed by atoms with van der Waals surface area (Å²) in [4.78, 5) is 0. The SMILES string of the molecule is Cc1cc(C)cc(-c2cccc3c2=c2c(-c4cc(C)cc(C)c4)cccc2=3)c1. The Bertz CT molecular complexity index is 1290. The van der Waals surface area contributed by atoms with Crippen LogP contribution in [-0.2, 0) is 0 Å². The predicted octanol–water partition coefficient (Wildman–Crippen LogP) is 7.14. The van der Waals surface area contributed by atoms with Crippen LogP contribution >= 0.6 is 0 Å². The van der Waals surface area contributed by atoms with Crippen LogP contribution in [0.15, 0.2) is 72.8 Å². The van der Waals surface area contributed by atoms with E-state index in [0.29, 0.717) is 0 Å². The van der Waals surface area contributed by atoms with Gasteiger partial charge in [-0.25, -0.2) is 0 Å². The summed E-state index contributed by atoms with van der Waals surface area (Å²) in [5.41, 5.74) is 10.6. The Kier molecular flexibility index (Phi) is 3.77. The highest BCUT2D eigenvalue weighted by atomic mass is 14.2. The number of fused-ring (bicyclic) bond motifs is 2. The van der Waals surface area contributed by atoms with E-state index in [2.05, 4.69) is 100 Å². The van der Waals surface area contributed by atoms with E-state index in [0.717, 1.165) is 0 Å². The van der Waals surface area contributed by atoms with Crippen molar-refractivity contribution in [2.45, 2.75) is 27.7 Å². The van der Waals surface area contributed by atoms with Crippen LogP contribution in [0.3, 0.4) is 0 Å². The first-order valence-electron chi connectivity index (χ1n) is 9.95. The molecule has 0 fully saturated rings. The Balaban J connectivity index is 1.89. The quantitative estimate of drug-likeness (QED) is 0.314. The minimum absolute atomic E-state index is 1.31. The third kappa shape index (κ3) is 2.60. The van der Waals surface area contributed by atoms with E-state index in [1.807, 2.05) is 0 Å². The summed E-state index contributed by atoms with van der Waals surface area (Å²) in [6.07, 6.45) is 0. The summed E-state index contributed by atoms with van der Waals surface area (Å²) in [5, 5.41) is 5.55. The average molecular weight is 361 g/mol. The van der Waals surface area contributed by atoms with Crippen LogP contribution in [0.25, 0.3) is 22.3 Å². The average Bonchev–Trinajstić information content (AvgIpc) is 2.63. The minimum Gasteiger partial charge on any atom is -0.0610 e. The van der Waals surface area contributed by atoms with Crippen molar-refractivity contribution in [1.29, 1.82) is 0 Å². The molecule has 0 nitrogen and oxygen atoms in total. The van der Waals surface area contributed by atoms with Gasteiger partial charge < -0.3 is 0 Å². The molecule has 0 unspecified atom stereocenters. The first kappa shape index (κ1) is 17.0. The third-order valence-corrected chi connectivity index (χ3v) is 5.73. The Morgan fingerprint density at radius 1 is 0.429 bits per heavy atom. The summed E-state index contributed by atoms with van der Waals surface area (Å²) in [6, 6.07) is 27.2. The zero-order valence-electron chi connectivity index (χ0n) is 16.9. The lowest BCUT2D eigenvalue weighted by atomic mass is 9.88. The second-order valence-corrected chi connectivity index (χ2v) is 8.21. The molecule has 0 amide bonds. The van der Waals surface area contributed by atoms with Crippen molar-refractivity contribution in [2.75, 3.05) is 0 Å². The molecule has 0 heterocycles. The van der Waals surface area contributed by atoms with Gasteiger partial charge >= 0.3 is 0 Å². The number of hydrogen-bond donors (Lipinski definition) is 0. The smallest absolute Gasteiger partial charge is 0.00141 e. The lowest BCUT2D eigenvalue weighted by Crippen LogP contribution is -1.98. The first-order valence-corrected chi connectivity index (χ1v) is 9.95. The molecule has 136 valence electrons. The zero-order valence-corrected chi connectivity index (χ0v) is 16.9. The van der Waals surface area contributed by atoms with Crippen LogP contribution in [0.4, 0.5) is 0 Å². The van der Waals surface area contributed by atoms with E-state index >= 15 is 0 Å². The highest BCUT2D eigenvalue weighted by Gasteiger charge is 2.13. The van der Waals surface area contributed by atoms with Crippen LogP contribution < -0.4 is 0 Å². The second-order valence-electron chi connectivity index (χ2n) is 8.21. The Morgan fingerprint density at radius 2 is 0.786 bits per heavy atom. The van der Waals surface area contributed by atoms with Crippen LogP contribution in [0, 0.1) is 48.6 Å². The molecule has 0 heteroatoms. The fourth-order valence-corrected chi connectivity index (χ4v) is 4.77. The van der Waals surface area contributed by atoms with E-state index < -0.39 is 0 Å². The van der Waals surface area contributed by atoms with E-state index in [9.17, 15) is 0 Å². The van der Waals surface area contributed by atoms with E-state index in [4.69, 9.17) is 0 Å². The molecule has 0 saturated heterocycles. The molecule has 1 aliphatic rings. The molecule has 0 spiro atoms. The molecule has 5 rings (SSSR count). The fourth-order valence-electron chi connectivity index (χ4n) is 4.77. The van der Waals surface area contributed by atoms with Gasteiger partial charge in [-0.1, -0.05) is 95.1 Å². The van der Waals surface area contributed by atoms with Gasteiger partial charge in [0.15, 0.2) is 0 Å². The molecule has 0 radical (unpaired) electrons. The molecular weight excluding hydrogens is 336 g/mol. The molecule has 4 aromatic carbocycles. The van der Waals surface area contributed by atoms with Gasteiger partial charge in [0.05, 0.1) is 0 Å². The standard InChI is InChI=1S/C28H24/c1-17-11-18(2)14-21(13-17)23-7-5-9-25-26-10-6-8-24(28(26)27(23)25)22-15-19(3)12-20(4)16-22/h5-16H,1-4H3. The molecule has 4 aromatic rings. The summed E-state index contributed by atoms with van der Waals surface area (Å²) in [5.74, 6) is 0. The predicted molar refractivity (Wildman–Crippen MR) is 118 cm³/mol. The molecule has 0 atom stereocenters. The van der Waals surface area contributed by atoms with Gasteiger partial charge in [-0.3, -0.25) is 0 Å². The van der Waals surface area contributed by atoms with Gasteiger partial charge in [-0.05, 0) is 70.8 Å². The van der Waals surface area contributed by atoms with Crippen molar-refractivity contribution in [2.24, 2.45) is 0 Å². The lowest BCUT2D eigenvalue weighted by Gasteiger charge is -2.15. The highest BCUT2D eigenvalue weighted by molar-refractivity contribution is 5.72. The third-order valence-electron chi connectivity index (χ3n) is 5.73. The fraction of sp³-hybridized carbons (Fsp3) is 0.143. The molecule has 0 aromatic heterocycles. The maximum Gasteiger partial charge on any atom is -0.00141 e. The van der Waals surface area contributed by atoms with Gasteiger partial charge in [0.1, 0.15) is 0 Å². The summed E-state index contributed by atoms with van der Waals surface area (Å²) >= 11 is 0. The van der Waals surface area contributed by atoms with Gasteiger partial charge in [0.2, 0.25) is 0 Å². The molecule has 0 N–H and O–H groups in total. The summed E-state index contributed by atoms with van der Waals surface area (Å²) in [7, 11) is 0. The Morgan fingerprint density at radius 3 is 1.14 bits per heavy atom. The molecule has 0 bridgehead atoms. The van der Waals surface area contributed by atoms with Crippen LogP contribution in [-0.4, -0.2) is 0 Å². The summed E-state index contributed by atoms with van der Waals surface area (Å²) in [6.45, 7) is 8.72.